The van der Waals surface area contributed by atoms with E-state index in [1.807, 2.05) is 0 Å². The van der Waals surface area contributed by atoms with Gasteiger partial charge >= 0.3 is 6.18 Å². The normalized spacial score (nSPS) is 21.5. The van der Waals surface area contributed by atoms with Crippen LogP contribution in [0.5, 0.6) is 0 Å². The van der Waals surface area contributed by atoms with E-state index in [1.165, 1.54) is 32.2 Å². The lowest BCUT2D eigenvalue weighted by Gasteiger charge is -2.21. The van der Waals surface area contributed by atoms with Crippen molar-refractivity contribution in [3.8, 4) is 0 Å². The first-order chi connectivity index (χ1) is 13.9. The van der Waals surface area contributed by atoms with Gasteiger partial charge in [0.15, 0.2) is 5.96 Å². The van der Waals surface area contributed by atoms with E-state index in [-0.39, 0.29) is 5.95 Å². The van der Waals surface area contributed by atoms with Gasteiger partial charge in [0.1, 0.15) is 5.69 Å². The zero-order valence-corrected chi connectivity index (χ0v) is 16.8. The van der Waals surface area contributed by atoms with E-state index < -0.39 is 11.9 Å². The van der Waals surface area contributed by atoms with Crippen LogP contribution in [0.4, 0.5) is 19.1 Å². The van der Waals surface area contributed by atoms with Gasteiger partial charge in [-0.2, -0.15) is 13.2 Å². The molecule has 1 saturated heterocycles. The Bertz CT molecular complexity index is 674. The molecule has 3 N–H and O–H groups in total. The van der Waals surface area contributed by atoms with E-state index in [1.54, 1.807) is 7.05 Å². The van der Waals surface area contributed by atoms with Gasteiger partial charge in [-0.1, -0.05) is 12.8 Å². The maximum atomic E-state index is 12.7. The van der Waals surface area contributed by atoms with Crippen molar-refractivity contribution in [3.05, 3.63) is 18.0 Å². The molecule has 3 rings (SSSR count). The Kier molecular flexibility index (Phi) is 7.51. The molecule has 2 aliphatic rings. The molecule has 10 heteroatoms. The number of alkyl halides is 3. The minimum Gasteiger partial charge on any atom is -0.355 e. The van der Waals surface area contributed by atoms with E-state index in [2.05, 4.69) is 35.8 Å². The first kappa shape index (κ1) is 21.6. The Hall–Kier alpha value is -2.10. The maximum Gasteiger partial charge on any atom is 0.433 e. The molecule has 2 fully saturated rings. The van der Waals surface area contributed by atoms with Crippen molar-refractivity contribution >= 4 is 11.9 Å². The molecule has 29 heavy (non-hydrogen) atoms. The highest BCUT2D eigenvalue weighted by atomic mass is 19.4. The molecule has 1 aromatic heterocycles. The molecule has 162 valence electrons. The largest absolute Gasteiger partial charge is 0.433 e. The van der Waals surface area contributed by atoms with Gasteiger partial charge in [0.05, 0.1) is 0 Å². The lowest BCUT2D eigenvalue weighted by molar-refractivity contribution is -0.141. The van der Waals surface area contributed by atoms with Crippen molar-refractivity contribution in [3.63, 3.8) is 0 Å². The fraction of sp³-hybridized carbons (Fsp3) is 0.737. The zero-order valence-electron chi connectivity index (χ0n) is 16.8. The average Bonchev–Trinajstić information content (AvgIpc) is 3.36. The Morgan fingerprint density at radius 1 is 1.24 bits per heavy atom. The van der Waals surface area contributed by atoms with Crippen LogP contribution in [0.3, 0.4) is 0 Å². The highest BCUT2D eigenvalue weighted by Gasteiger charge is 2.32. The summed E-state index contributed by atoms with van der Waals surface area (Å²) >= 11 is 0. The van der Waals surface area contributed by atoms with Gasteiger partial charge in [-0.3, -0.25) is 4.99 Å². The van der Waals surface area contributed by atoms with E-state index >= 15 is 0 Å². The maximum absolute atomic E-state index is 12.7. The third-order valence-corrected chi connectivity index (χ3v) is 5.47. The summed E-state index contributed by atoms with van der Waals surface area (Å²) in [6.45, 7) is 4.19. The van der Waals surface area contributed by atoms with E-state index in [9.17, 15) is 13.2 Å². The summed E-state index contributed by atoms with van der Waals surface area (Å²) in [5, 5.41) is 9.42. The summed E-state index contributed by atoms with van der Waals surface area (Å²) in [6, 6.07) is 1.22. The van der Waals surface area contributed by atoms with Crippen LogP contribution in [0, 0.1) is 5.92 Å². The van der Waals surface area contributed by atoms with Gasteiger partial charge < -0.3 is 20.9 Å². The number of hydrogen-bond acceptors (Lipinski definition) is 5. The first-order valence-corrected chi connectivity index (χ1v) is 10.3. The molecule has 0 amide bonds. The summed E-state index contributed by atoms with van der Waals surface area (Å²) in [5.41, 5.74) is -0.955. The molecule has 0 aromatic carbocycles. The van der Waals surface area contributed by atoms with Crippen LogP contribution in [0.2, 0.25) is 0 Å². The summed E-state index contributed by atoms with van der Waals surface area (Å²) < 4.78 is 38.1. The lowest BCUT2D eigenvalue weighted by Crippen LogP contribution is -2.46. The number of anilines is 1. The topological polar surface area (TPSA) is 77.5 Å². The summed E-state index contributed by atoms with van der Waals surface area (Å²) in [6.07, 6.45) is 3.18. The van der Waals surface area contributed by atoms with Crippen LogP contribution in [0.25, 0.3) is 0 Å². The molecular formula is C19H30F3N7. The SMILES string of the molecule is CN=C(NCCNc1nccc(C(F)(F)F)n1)NC1CCN(CC2CCCC2)C1. The Morgan fingerprint density at radius 2 is 2.03 bits per heavy atom. The number of likely N-dealkylation sites (tertiary alicyclic amines) is 1. The van der Waals surface area contributed by atoms with Gasteiger partial charge in [0.2, 0.25) is 5.95 Å². The van der Waals surface area contributed by atoms with Gasteiger partial charge in [0, 0.05) is 52.0 Å². The van der Waals surface area contributed by atoms with Crippen molar-refractivity contribution in [2.24, 2.45) is 10.9 Å². The number of rotatable bonds is 7. The fourth-order valence-electron chi connectivity index (χ4n) is 4.02. The van der Waals surface area contributed by atoms with E-state index in [4.69, 9.17) is 0 Å². The fourth-order valence-corrected chi connectivity index (χ4v) is 4.02. The molecule has 1 atom stereocenters. The van der Waals surface area contributed by atoms with Crippen molar-refractivity contribution in [2.45, 2.75) is 44.3 Å². The Morgan fingerprint density at radius 3 is 2.76 bits per heavy atom. The average molecular weight is 413 g/mol. The second kappa shape index (κ2) is 10.1. The first-order valence-electron chi connectivity index (χ1n) is 10.3. The number of hydrogen-bond donors (Lipinski definition) is 3. The molecule has 0 spiro atoms. The van der Waals surface area contributed by atoms with Gasteiger partial charge in [0.25, 0.3) is 0 Å². The predicted molar refractivity (Wildman–Crippen MR) is 107 cm³/mol. The number of aromatic nitrogens is 2. The molecule has 0 radical (unpaired) electrons. The Labute approximate surface area is 169 Å². The summed E-state index contributed by atoms with van der Waals surface area (Å²) in [5.74, 6) is 1.52. The number of halogens is 3. The minimum atomic E-state index is -4.48. The van der Waals surface area contributed by atoms with Crippen LogP contribution in [-0.4, -0.2) is 66.6 Å². The van der Waals surface area contributed by atoms with Gasteiger partial charge in [-0.05, 0) is 31.2 Å². The van der Waals surface area contributed by atoms with E-state index in [0.717, 1.165) is 37.7 Å². The number of guanidine groups is 1. The number of nitrogens with one attached hydrogen (secondary N) is 3. The minimum absolute atomic E-state index is 0.0390. The summed E-state index contributed by atoms with van der Waals surface area (Å²) in [7, 11) is 1.71. The quantitative estimate of drug-likeness (QED) is 0.362. The monoisotopic (exact) mass is 413 g/mol. The predicted octanol–water partition coefficient (Wildman–Crippen LogP) is 2.34. The Balaban J connectivity index is 1.35. The van der Waals surface area contributed by atoms with Crippen LogP contribution in [-0.2, 0) is 6.18 Å². The highest BCUT2D eigenvalue weighted by Crippen LogP contribution is 2.28. The van der Waals surface area contributed by atoms with Crippen molar-refractivity contribution in [2.75, 3.05) is 45.1 Å². The zero-order chi connectivity index (χ0) is 20.7. The molecule has 1 aliphatic carbocycles. The van der Waals surface area contributed by atoms with Crippen LogP contribution < -0.4 is 16.0 Å². The van der Waals surface area contributed by atoms with Crippen LogP contribution in [0.1, 0.15) is 37.8 Å². The third kappa shape index (κ3) is 6.73. The van der Waals surface area contributed by atoms with Crippen molar-refractivity contribution in [1.29, 1.82) is 0 Å². The number of nitrogens with zero attached hydrogens (tertiary/aromatic N) is 4. The molecular weight excluding hydrogens is 383 g/mol. The second-order valence-electron chi connectivity index (χ2n) is 7.73. The van der Waals surface area contributed by atoms with E-state index in [0.29, 0.717) is 25.1 Å². The van der Waals surface area contributed by atoms with Gasteiger partial charge in [-0.25, -0.2) is 9.97 Å². The van der Waals surface area contributed by atoms with Crippen molar-refractivity contribution in [1.82, 2.24) is 25.5 Å². The molecule has 1 aromatic rings. The van der Waals surface area contributed by atoms with Gasteiger partial charge in [-0.15, -0.1) is 0 Å². The summed E-state index contributed by atoms with van der Waals surface area (Å²) in [4.78, 5) is 14.1. The highest BCUT2D eigenvalue weighted by molar-refractivity contribution is 5.80. The standard InChI is InChI=1S/C19H30F3N7/c1-23-17(27-15-7-11-29(13-15)12-14-4-2-3-5-14)25-9-10-26-18-24-8-6-16(28-18)19(20,21)22/h6,8,14-15H,2-5,7,9-13H2,1H3,(H2,23,25,27)(H,24,26,28). The number of aliphatic imine (C=N–C) groups is 1. The van der Waals surface area contributed by atoms with Crippen LogP contribution >= 0.6 is 0 Å². The van der Waals surface area contributed by atoms with Crippen LogP contribution in [0.15, 0.2) is 17.3 Å². The molecule has 1 saturated carbocycles. The molecule has 7 nitrogen and oxygen atoms in total. The smallest absolute Gasteiger partial charge is 0.355 e. The molecule has 1 aliphatic heterocycles. The third-order valence-electron chi connectivity index (χ3n) is 5.47. The lowest BCUT2D eigenvalue weighted by atomic mass is 10.1. The molecule has 1 unspecified atom stereocenters. The second-order valence-corrected chi connectivity index (χ2v) is 7.73. The molecule has 2 heterocycles. The molecule has 0 bridgehead atoms. The van der Waals surface area contributed by atoms with Crippen molar-refractivity contribution < 1.29 is 13.2 Å².